The third-order valence-electron chi connectivity index (χ3n) is 3.53. The van der Waals surface area contributed by atoms with Crippen molar-refractivity contribution in [1.82, 2.24) is 10.3 Å². The summed E-state index contributed by atoms with van der Waals surface area (Å²) in [5.41, 5.74) is 2.49. The number of fused-ring (bicyclic) bond motifs is 1. The van der Waals surface area contributed by atoms with Crippen LogP contribution >= 0.6 is 0 Å². The van der Waals surface area contributed by atoms with Crippen molar-refractivity contribution >= 4 is 16.8 Å². The molecule has 1 atom stereocenters. The lowest BCUT2D eigenvalue weighted by Gasteiger charge is -2.14. The van der Waals surface area contributed by atoms with E-state index in [1.165, 1.54) is 0 Å². The molecule has 1 heterocycles. The summed E-state index contributed by atoms with van der Waals surface area (Å²) in [6.45, 7) is 1.89. The van der Waals surface area contributed by atoms with Gasteiger partial charge in [0.15, 0.2) is 0 Å². The highest BCUT2D eigenvalue weighted by molar-refractivity contribution is 5.98. The fourth-order valence-electron chi connectivity index (χ4n) is 2.35. The minimum absolute atomic E-state index is 0.131. The average molecular weight is 280 g/mol. The fourth-order valence-corrected chi connectivity index (χ4v) is 2.35. The van der Waals surface area contributed by atoms with Crippen LogP contribution in [0.15, 0.2) is 54.7 Å². The quantitative estimate of drug-likeness (QED) is 0.688. The summed E-state index contributed by atoms with van der Waals surface area (Å²) in [5.74, 6) is 0.0660. The summed E-state index contributed by atoms with van der Waals surface area (Å²) in [4.78, 5) is 15.4. The van der Waals surface area contributed by atoms with Crippen molar-refractivity contribution in [1.29, 1.82) is 0 Å². The van der Waals surface area contributed by atoms with Crippen LogP contribution in [-0.2, 0) is 0 Å². The van der Waals surface area contributed by atoms with Crippen molar-refractivity contribution in [2.75, 3.05) is 0 Å². The van der Waals surface area contributed by atoms with Gasteiger partial charge in [0.05, 0.1) is 6.04 Å². The van der Waals surface area contributed by atoms with Gasteiger partial charge in [0.2, 0.25) is 0 Å². The van der Waals surface area contributed by atoms with Gasteiger partial charge in [-0.15, -0.1) is 0 Å². The number of benzene rings is 2. The number of amides is 1. The molecule has 1 unspecified atom stereocenters. The first-order valence-corrected chi connectivity index (χ1v) is 6.80. The van der Waals surface area contributed by atoms with Crippen LogP contribution in [0.25, 0.3) is 10.9 Å². The summed E-state index contributed by atoms with van der Waals surface area (Å²) in [5, 5.41) is 13.4. The highest BCUT2D eigenvalue weighted by atomic mass is 16.3. The van der Waals surface area contributed by atoms with E-state index < -0.39 is 0 Å². The Hall–Kier alpha value is -2.75. The Bertz CT molecular complexity index is 792. The lowest BCUT2D eigenvalue weighted by molar-refractivity contribution is 0.0940. The molecule has 4 heteroatoms. The summed E-state index contributed by atoms with van der Waals surface area (Å²) in [6, 6.07) is 14.2. The standard InChI is InChI=1S/C17H16N2O2/c1-11(12-3-2-4-15(20)10-12)19-17(21)14-5-6-16-13(9-14)7-8-18-16/h2-11,18,20H,1H3,(H,19,21). The molecule has 3 rings (SSSR count). The molecule has 0 fully saturated rings. The number of hydrogen-bond donors (Lipinski definition) is 3. The molecule has 0 saturated heterocycles. The number of rotatable bonds is 3. The number of aromatic nitrogens is 1. The first kappa shape index (κ1) is 13.2. The molecule has 1 aromatic heterocycles. The lowest BCUT2D eigenvalue weighted by atomic mass is 10.1. The van der Waals surface area contributed by atoms with Crippen molar-refractivity contribution in [3.05, 3.63) is 65.9 Å². The monoisotopic (exact) mass is 280 g/mol. The smallest absolute Gasteiger partial charge is 0.251 e. The van der Waals surface area contributed by atoms with Gasteiger partial charge in [-0.25, -0.2) is 0 Å². The molecule has 3 aromatic rings. The molecule has 3 N–H and O–H groups in total. The third kappa shape index (κ3) is 2.74. The van der Waals surface area contributed by atoms with Crippen LogP contribution in [0, 0.1) is 0 Å². The van der Waals surface area contributed by atoms with Gasteiger partial charge in [-0.2, -0.15) is 0 Å². The largest absolute Gasteiger partial charge is 0.508 e. The maximum Gasteiger partial charge on any atom is 0.251 e. The normalized spacial score (nSPS) is 12.2. The number of aromatic hydroxyl groups is 1. The van der Waals surface area contributed by atoms with Gasteiger partial charge in [0.25, 0.3) is 5.91 Å². The second-order valence-electron chi connectivity index (χ2n) is 5.07. The zero-order chi connectivity index (χ0) is 14.8. The van der Waals surface area contributed by atoms with E-state index in [4.69, 9.17) is 0 Å². The number of phenols is 1. The van der Waals surface area contributed by atoms with E-state index in [2.05, 4.69) is 10.3 Å². The van der Waals surface area contributed by atoms with Crippen molar-refractivity contribution in [2.24, 2.45) is 0 Å². The Labute approximate surface area is 122 Å². The van der Waals surface area contributed by atoms with E-state index in [0.717, 1.165) is 16.5 Å². The van der Waals surface area contributed by atoms with Crippen LogP contribution in [0.2, 0.25) is 0 Å². The molecular formula is C17H16N2O2. The molecule has 0 aliphatic carbocycles. The van der Waals surface area contributed by atoms with E-state index in [1.807, 2.05) is 37.4 Å². The molecular weight excluding hydrogens is 264 g/mol. The zero-order valence-electron chi connectivity index (χ0n) is 11.6. The lowest BCUT2D eigenvalue weighted by Crippen LogP contribution is -2.26. The molecule has 21 heavy (non-hydrogen) atoms. The maximum atomic E-state index is 12.3. The van der Waals surface area contributed by atoms with Crippen molar-refractivity contribution in [3.63, 3.8) is 0 Å². The number of carbonyl (C=O) groups is 1. The van der Waals surface area contributed by atoms with Crippen LogP contribution in [0.4, 0.5) is 0 Å². The summed E-state index contributed by atoms with van der Waals surface area (Å²) < 4.78 is 0. The molecule has 106 valence electrons. The first-order chi connectivity index (χ1) is 10.1. The minimum Gasteiger partial charge on any atom is -0.508 e. The third-order valence-corrected chi connectivity index (χ3v) is 3.53. The van der Waals surface area contributed by atoms with E-state index in [-0.39, 0.29) is 17.7 Å². The van der Waals surface area contributed by atoms with E-state index in [9.17, 15) is 9.90 Å². The van der Waals surface area contributed by atoms with Crippen molar-refractivity contribution in [2.45, 2.75) is 13.0 Å². The van der Waals surface area contributed by atoms with Crippen molar-refractivity contribution in [3.8, 4) is 5.75 Å². The number of phenolic OH excluding ortho intramolecular Hbond substituents is 1. The van der Waals surface area contributed by atoms with Crippen molar-refractivity contribution < 1.29 is 9.90 Å². The molecule has 0 radical (unpaired) electrons. The first-order valence-electron chi connectivity index (χ1n) is 6.80. The Morgan fingerprint density at radius 1 is 1.19 bits per heavy atom. The maximum absolute atomic E-state index is 12.3. The summed E-state index contributed by atoms with van der Waals surface area (Å²) in [6.07, 6.45) is 1.85. The van der Waals surface area contributed by atoms with Crippen LogP contribution < -0.4 is 5.32 Å². The van der Waals surface area contributed by atoms with Gasteiger partial charge < -0.3 is 15.4 Å². The Balaban J connectivity index is 1.79. The van der Waals surface area contributed by atoms with Gasteiger partial charge >= 0.3 is 0 Å². The van der Waals surface area contributed by atoms with Gasteiger partial charge in [-0.3, -0.25) is 4.79 Å². The molecule has 0 aliphatic rings. The van der Waals surface area contributed by atoms with Gasteiger partial charge in [-0.1, -0.05) is 12.1 Å². The topological polar surface area (TPSA) is 65.1 Å². The van der Waals surface area contributed by atoms with E-state index in [0.29, 0.717) is 5.56 Å². The molecule has 2 aromatic carbocycles. The summed E-state index contributed by atoms with van der Waals surface area (Å²) >= 11 is 0. The minimum atomic E-state index is -0.175. The molecule has 1 amide bonds. The Morgan fingerprint density at radius 2 is 2.05 bits per heavy atom. The Kier molecular flexibility index (Phi) is 3.36. The number of H-pyrrole nitrogens is 1. The molecule has 0 saturated carbocycles. The second-order valence-corrected chi connectivity index (χ2v) is 5.07. The second kappa shape index (κ2) is 5.32. The SMILES string of the molecule is CC(NC(=O)c1ccc2[nH]ccc2c1)c1cccc(O)c1. The van der Waals surface area contributed by atoms with Gasteiger partial charge in [0.1, 0.15) is 5.75 Å². The number of carbonyl (C=O) groups excluding carboxylic acids is 1. The number of nitrogens with one attached hydrogen (secondary N) is 2. The summed E-state index contributed by atoms with van der Waals surface area (Å²) in [7, 11) is 0. The Morgan fingerprint density at radius 3 is 2.86 bits per heavy atom. The van der Waals surface area contributed by atoms with Crippen LogP contribution in [0.3, 0.4) is 0 Å². The predicted octanol–water partition coefficient (Wildman–Crippen LogP) is 3.36. The molecule has 4 nitrogen and oxygen atoms in total. The molecule has 0 aliphatic heterocycles. The van der Waals surface area contributed by atoms with E-state index in [1.54, 1.807) is 24.3 Å². The molecule has 0 spiro atoms. The predicted molar refractivity (Wildman–Crippen MR) is 82.3 cm³/mol. The number of aromatic amines is 1. The molecule has 0 bridgehead atoms. The van der Waals surface area contributed by atoms with Crippen LogP contribution in [0.1, 0.15) is 28.9 Å². The van der Waals surface area contributed by atoms with Gasteiger partial charge in [-0.05, 0) is 48.9 Å². The average Bonchev–Trinajstić information content (AvgIpc) is 2.94. The number of hydrogen-bond acceptors (Lipinski definition) is 2. The zero-order valence-corrected chi connectivity index (χ0v) is 11.6. The van der Waals surface area contributed by atoms with Gasteiger partial charge in [0, 0.05) is 22.7 Å². The highest BCUT2D eigenvalue weighted by Crippen LogP contribution is 2.19. The van der Waals surface area contributed by atoms with Crippen LogP contribution in [0.5, 0.6) is 5.75 Å². The van der Waals surface area contributed by atoms with E-state index >= 15 is 0 Å². The van der Waals surface area contributed by atoms with Crippen LogP contribution in [-0.4, -0.2) is 16.0 Å². The fraction of sp³-hybridized carbons (Fsp3) is 0.118. The highest BCUT2D eigenvalue weighted by Gasteiger charge is 2.12.